The van der Waals surface area contributed by atoms with Gasteiger partial charge in [0.25, 0.3) is 0 Å². The van der Waals surface area contributed by atoms with E-state index >= 15 is 0 Å². The monoisotopic (exact) mass is 415 g/mol. The zero-order valence-electron chi connectivity index (χ0n) is 17.9. The van der Waals surface area contributed by atoms with Gasteiger partial charge in [0, 0.05) is 5.39 Å². The summed E-state index contributed by atoms with van der Waals surface area (Å²) < 4.78 is 11.0. The average Bonchev–Trinajstić information content (AvgIpc) is 3.19. The maximum Gasteiger partial charge on any atom is 0.336 e. The third kappa shape index (κ3) is 3.44. The first kappa shape index (κ1) is 19.6. The Morgan fingerprint density at radius 3 is 2.65 bits per heavy atom. The Balaban J connectivity index is 1.74. The predicted molar refractivity (Wildman–Crippen MR) is 120 cm³/mol. The molecule has 1 aromatic heterocycles. The van der Waals surface area contributed by atoms with Crippen LogP contribution in [0.4, 0.5) is 0 Å². The number of pyridine rings is 1. The molecule has 0 saturated carbocycles. The molecule has 3 aromatic rings. The normalized spacial score (nSPS) is 18.9. The number of rotatable bonds is 2. The molecule has 0 radical (unpaired) electrons. The van der Waals surface area contributed by atoms with Crippen LogP contribution in [0.25, 0.3) is 22.6 Å². The zero-order valence-corrected chi connectivity index (χ0v) is 17.9. The molecule has 0 fully saturated rings. The number of benzene rings is 2. The van der Waals surface area contributed by atoms with Crippen LogP contribution in [0.15, 0.2) is 42.5 Å². The number of carboxylic acid groups (broad SMARTS) is 1. The van der Waals surface area contributed by atoms with Gasteiger partial charge in [-0.1, -0.05) is 45.0 Å². The van der Waals surface area contributed by atoms with E-state index in [-0.39, 0.29) is 12.2 Å². The summed E-state index contributed by atoms with van der Waals surface area (Å²) in [6.45, 7) is 6.89. The number of hydrogen-bond acceptors (Lipinski definition) is 4. The van der Waals surface area contributed by atoms with Crippen molar-refractivity contribution in [3.8, 4) is 11.5 Å². The van der Waals surface area contributed by atoms with Gasteiger partial charge in [-0.15, -0.1) is 0 Å². The average molecular weight is 415 g/mol. The lowest BCUT2D eigenvalue weighted by atomic mass is 9.69. The number of allylic oxidation sites excluding steroid dienone is 1. The molecule has 1 aliphatic carbocycles. The number of nitrogens with zero attached hydrogens (tertiary/aromatic N) is 1. The molecule has 31 heavy (non-hydrogen) atoms. The van der Waals surface area contributed by atoms with Crippen LogP contribution >= 0.6 is 0 Å². The predicted octanol–water partition coefficient (Wildman–Crippen LogP) is 5.81. The van der Waals surface area contributed by atoms with Crippen molar-refractivity contribution in [2.45, 2.75) is 33.6 Å². The molecule has 0 unspecified atom stereocenters. The number of carbonyl (C=O) groups is 1. The first-order chi connectivity index (χ1) is 14.8. The molecule has 1 N–H and O–H groups in total. The second kappa shape index (κ2) is 7.12. The van der Waals surface area contributed by atoms with Gasteiger partial charge >= 0.3 is 5.97 Å². The third-order valence-electron chi connectivity index (χ3n) is 6.39. The first-order valence-corrected chi connectivity index (χ1v) is 10.6. The van der Waals surface area contributed by atoms with Crippen molar-refractivity contribution in [3.63, 3.8) is 0 Å². The van der Waals surface area contributed by atoms with Gasteiger partial charge in [-0.3, -0.25) is 0 Å². The number of fused-ring (bicyclic) bond motifs is 3. The molecule has 0 amide bonds. The Morgan fingerprint density at radius 2 is 1.87 bits per heavy atom. The maximum atomic E-state index is 12.4. The SMILES string of the molecule is CC(C)(C)[C@@H]1C/C(=C\c2ccc3c(c2)OCO3)c2nc3ccccc3c(C(=O)O)c2C1. The van der Waals surface area contributed by atoms with Gasteiger partial charge in [0.15, 0.2) is 11.5 Å². The molecule has 0 saturated heterocycles. The third-order valence-corrected chi connectivity index (χ3v) is 6.39. The lowest BCUT2D eigenvalue weighted by Crippen LogP contribution is -2.28. The first-order valence-electron chi connectivity index (χ1n) is 10.6. The van der Waals surface area contributed by atoms with Crippen molar-refractivity contribution in [1.29, 1.82) is 0 Å². The Morgan fingerprint density at radius 1 is 1.10 bits per heavy atom. The molecule has 5 nitrogen and oxygen atoms in total. The van der Waals surface area contributed by atoms with Gasteiger partial charge in [0.1, 0.15) is 0 Å². The number of aromatic carboxylic acids is 1. The zero-order chi connectivity index (χ0) is 21.8. The fourth-order valence-corrected chi connectivity index (χ4v) is 4.58. The van der Waals surface area contributed by atoms with E-state index in [1.165, 1.54) is 0 Å². The molecule has 2 aliphatic rings. The van der Waals surface area contributed by atoms with Crippen molar-refractivity contribution >= 4 is 28.5 Å². The minimum Gasteiger partial charge on any atom is -0.478 e. The van der Waals surface area contributed by atoms with Crippen LogP contribution < -0.4 is 9.47 Å². The summed E-state index contributed by atoms with van der Waals surface area (Å²) in [7, 11) is 0. The van der Waals surface area contributed by atoms with Gasteiger partial charge < -0.3 is 14.6 Å². The number of hydrogen-bond donors (Lipinski definition) is 1. The van der Waals surface area contributed by atoms with E-state index in [0.717, 1.165) is 40.3 Å². The van der Waals surface area contributed by atoms with Crippen LogP contribution in [0.2, 0.25) is 0 Å². The van der Waals surface area contributed by atoms with Gasteiger partial charge in [0.05, 0.1) is 16.8 Å². The van der Waals surface area contributed by atoms with Crippen LogP contribution in [0.5, 0.6) is 11.5 Å². The van der Waals surface area contributed by atoms with Gasteiger partial charge in [-0.25, -0.2) is 9.78 Å². The fourth-order valence-electron chi connectivity index (χ4n) is 4.58. The van der Waals surface area contributed by atoms with Crippen LogP contribution in [0.3, 0.4) is 0 Å². The molecule has 0 spiro atoms. The summed E-state index contributed by atoms with van der Waals surface area (Å²) in [5.41, 5.74) is 4.82. The van der Waals surface area contributed by atoms with Crippen LogP contribution in [-0.2, 0) is 6.42 Å². The van der Waals surface area contributed by atoms with E-state index in [1.807, 2.05) is 42.5 Å². The van der Waals surface area contributed by atoms with Crippen LogP contribution in [0.1, 0.15) is 54.4 Å². The summed E-state index contributed by atoms with van der Waals surface area (Å²) in [6.07, 6.45) is 3.66. The highest BCUT2D eigenvalue weighted by molar-refractivity contribution is 6.06. The van der Waals surface area contributed by atoms with E-state index in [0.29, 0.717) is 28.8 Å². The van der Waals surface area contributed by atoms with Gasteiger partial charge in [-0.05, 0) is 65.1 Å². The summed E-state index contributed by atoms with van der Waals surface area (Å²) in [5.74, 6) is 0.889. The molecule has 5 heteroatoms. The number of para-hydroxylation sites is 1. The number of aromatic nitrogens is 1. The molecular formula is C26H25NO4. The Labute approximate surface area is 181 Å². The van der Waals surface area contributed by atoms with E-state index in [1.54, 1.807) is 0 Å². The molecule has 5 rings (SSSR count). The highest BCUT2D eigenvalue weighted by Gasteiger charge is 2.35. The van der Waals surface area contributed by atoms with Crippen LogP contribution in [0, 0.1) is 11.3 Å². The minimum atomic E-state index is -0.896. The van der Waals surface area contributed by atoms with Gasteiger partial charge in [0.2, 0.25) is 6.79 Å². The van der Waals surface area contributed by atoms with Gasteiger partial charge in [-0.2, -0.15) is 0 Å². The summed E-state index contributed by atoms with van der Waals surface area (Å²) in [4.78, 5) is 17.3. The van der Waals surface area contributed by atoms with E-state index in [9.17, 15) is 9.90 Å². The lowest BCUT2D eigenvalue weighted by molar-refractivity contribution is 0.0696. The lowest BCUT2D eigenvalue weighted by Gasteiger charge is -2.36. The molecular weight excluding hydrogens is 390 g/mol. The second-order valence-corrected chi connectivity index (χ2v) is 9.39. The smallest absolute Gasteiger partial charge is 0.336 e. The van der Waals surface area contributed by atoms with Crippen molar-refractivity contribution < 1.29 is 19.4 Å². The molecule has 1 atom stereocenters. The van der Waals surface area contributed by atoms with Crippen molar-refractivity contribution in [2.75, 3.05) is 6.79 Å². The standard InChI is InChI=1S/C26H25NO4/c1-26(2,3)17-12-16(10-15-8-9-21-22(11-15)31-14-30-21)24-19(13-17)23(25(28)29)18-6-4-5-7-20(18)27-24/h4-11,17H,12-14H2,1-3H3,(H,28,29)/b16-10+/t17-/m1/s1. The largest absolute Gasteiger partial charge is 0.478 e. The molecule has 2 heterocycles. The Hall–Kier alpha value is -3.34. The highest BCUT2D eigenvalue weighted by atomic mass is 16.7. The van der Waals surface area contributed by atoms with Crippen molar-refractivity contribution in [3.05, 3.63) is 64.8 Å². The summed E-state index contributed by atoms with van der Waals surface area (Å²) >= 11 is 0. The molecule has 2 aromatic carbocycles. The molecule has 1 aliphatic heterocycles. The summed E-state index contributed by atoms with van der Waals surface area (Å²) in [6, 6.07) is 13.4. The van der Waals surface area contributed by atoms with E-state index in [2.05, 4.69) is 26.8 Å². The Kier molecular flexibility index (Phi) is 4.50. The topological polar surface area (TPSA) is 68.7 Å². The van der Waals surface area contributed by atoms with Crippen LogP contribution in [-0.4, -0.2) is 22.9 Å². The maximum absolute atomic E-state index is 12.4. The van der Waals surface area contributed by atoms with E-state index < -0.39 is 5.97 Å². The second-order valence-electron chi connectivity index (χ2n) is 9.39. The summed E-state index contributed by atoms with van der Waals surface area (Å²) in [5, 5.41) is 10.8. The van der Waals surface area contributed by atoms with Crippen molar-refractivity contribution in [1.82, 2.24) is 4.98 Å². The molecule has 158 valence electrons. The quantitative estimate of drug-likeness (QED) is 0.572. The number of ether oxygens (including phenoxy) is 2. The minimum absolute atomic E-state index is 0.0348. The highest BCUT2D eigenvalue weighted by Crippen LogP contribution is 2.45. The Bertz CT molecular complexity index is 1240. The van der Waals surface area contributed by atoms with Crippen molar-refractivity contribution in [2.24, 2.45) is 11.3 Å². The number of carboxylic acids is 1. The molecule has 0 bridgehead atoms. The fraction of sp³-hybridized carbons (Fsp3) is 0.308. The van der Waals surface area contributed by atoms with E-state index in [4.69, 9.17) is 14.5 Å².